The van der Waals surface area contributed by atoms with E-state index in [0.29, 0.717) is 29.3 Å². The number of halogens is 1. The summed E-state index contributed by atoms with van der Waals surface area (Å²) < 4.78 is 28.1. The van der Waals surface area contributed by atoms with Crippen LogP contribution in [0.4, 0.5) is 16.2 Å². The molecule has 4 aromatic rings. The van der Waals surface area contributed by atoms with Crippen molar-refractivity contribution in [2.45, 2.75) is 71.2 Å². The Labute approximate surface area is 229 Å². The molecule has 0 radical (unpaired) electrons. The zero-order valence-corrected chi connectivity index (χ0v) is 23.3. The number of rotatable bonds is 10. The Morgan fingerprint density at radius 3 is 2.82 bits per heavy atom. The number of nitrogens with zero attached hydrogens (tertiary/aromatic N) is 3. The smallest absolute Gasteiger partial charge is 0.222 e. The van der Waals surface area contributed by atoms with Crippen LogP contribution in [-0.2, 0) is 17.8 Å². The molecule has 1 unspecified atom stereocenters. The number of anilines is 2. The third kappa shape index (κ3) is 5.94. The van der Waals surface area contributed by atoms with Gasteiger partial charge in [0.05, 0.1) is 24.8 Å². The minimum absolute atomic E-state index is 0.106. The largest absolute Gasteiger partial charge is 0.496 e. The molecule has 1 atom stereocenters. The monoisotopic (exact) mass is 534 g/mol. The van der Waals surface area contributed by atoms with Gasteiger partial charge in [0.25, 0.3) is 0 Å². The first-order valence-corrected chi connectivity index (χ1v) is 13.8. The molecule has 0 amide bonds. The number of benzene rings is 2. The molecule has 0 saturated carbocycles. The summed E-state index contributed by atoms with van der Waals surface area (Å²) in [7, 11) is 1.68. The van der Waals surface area contributed by atoms with Crippen molar-refractivity contribution < 1.29 is 13.9 Å². The number of aromatic nitrogens is 3. The van der Waals surface area contributed by atoms with Crippen LogP contribution in [0.2, 0.25) is 0 Å². The Bertz CT molecular complexity index is 1470. The fraction of sp³-hybridized carbons (Fsp3) is 0.467. The summed E-state index contributed by atoms with van der Waals surface area (Å²) in [5.41, 5.74) is 10.5. The van der Waals surface area contributed by atoms with Gasteiger partial charge in [0, 0.05) is 36.7 Å². The average Bonchev–Trinajstić information content (AvgIpc) is 3.19. The van der Waals surface area contributed by atoms with Crippen LogP contribution in [-0.4, -0.2) is 46.4 Å². The Kier molecular flexibility index (Phi) is 7.91. The Hall–Kier alpha value is -3.43. The fourth-order valence-corrected chi connectivity index (χ4v) is 5.54. The summed E-state index contributed by atoms with van der Waals surface area (Å²) in [6.07, 6.45) is 4.02. The van der Waals surface area contributed by atoms with Gasteiger partial charge in [-0.1, -0.05) is 19.4 Å². The van der Waals surface area contributed by atoms with E-state index in [-0.39, 0.29) is 17.4 Å². The first kappa shape index (κ1) is 27.1. The van der Waals surface area contributed by atoms with Crippen LogP contribution in [0.25, 0.3) is 21.9 Å². The molecular weight excluding hydrogens is 495 g/mol. The molecule has 4 N–H and O–H groups in total. The summed E-state index contributed by atoms with van der Waals surface area (Å²) in [5, 5.41) is 7.86. The van der Waals surface area contributed by atoms with Crippen molar-refractivity contribution in [2.75, 3.05) is 31.3 Å². The number of ether oxygens (including phenoxy) is 2. The number of nitrogens with one attached hydrogen (secondary N) is 2. The quantitative estimate of drug-likeness (QED) is 0.227. The van der Waals surface area contributed by atoms with Gasteiger partial charge in [-0.15, -0.1) is 0 Å². The number of fused-ring (bicyclic) bond motifs is 3. The number of hydrogen-bond donors (Lipinski definition) is 3. The SMILES string of the molecule is CCCCNc1nc(N)nc2c3cc(F)ccc3n(Cc3cc(CNC4CCOC(C)(C)C4)ccc3OC)c12. The second-order valence-electron chi connectivity index (χ2n) is 11.0. The van der Waals surface area contributed by atoms with Crippen LogP contribution in [0.3, 0.4) is 0 Å². The summed E-state index contributed by atoms with van der Waals surface area (Å²) in [5.74, 6) is 1.29. The first-order chi connectivity index (χ1) is 18.8. The lowest BCUT2D eigenvalue weighted by Crippen LogP contribution is -2.43. The van der Waals surface area contributed by atoms with Gasteiger partial charge < -0.3 is 30.4 Å². The Balaban J connectivity index is 1.52. The molecule has 1 aliphatic rings. The third-order valence-corrected chi connectivity index (χ3v) is 7.46. The summed E-state index contributed by atoms with van der Waals surface area (Å²) >= 11 is 0. The van der Waals surface area contributed by atoms with E-state index in [4.69, 9.17) is 15.2 Å². The van der Waals surface area contributed by atoms with Gasteiger partial charge in [-0.25, -0.2) is 9.37 Å². The zero-order chi connectivity index (χ0) is 27.6. The number of nitrogens with two attached hydrogens (primary N) is 1. The zero-order valence-electron chi connectivity index (χ0n) is 23.3. The van der Waals surface area contributed by atoms with Gasteiger partial charge in [0.2, 0.25) is 5.95 Å². The van der Waals surface area contributed by atoms with Crippen molar-refractivity contribution in [1.29, 1.82) is 0 Å². The highest BCUT2D eigenvalue weighted by Crippen LogP contribution is 2.35. The van der Waals surface area contributed by atoms with Crippen LogP contribution in [0.1, 0.15) is 57.6 Å². The third-order valence-electron chi connectivity index (χ3n) is 7.46. The van der Waals surface area contributed by atoms with E-state index in [1.165, 1.54) is 17.7 Å². The van der Waals surface area contributed by atoms with Gasteiger partial charge >= 0.3 is 0 Å². The highest BCUT2D eigenvalue weighted by Gasteiger charge is 2.28. The van der Waals surface area contributed by atoms with E-state index in [9.17, 15) is 4.39 Å². The van der Waals surface area contributed by atoms with Crippen molar-refractivity contribution in [3.05, 3.63) is 53.3 Å². The minimum Gasteiger partial charge on any atom is -0.496 e. The molecule has 2 aromatic heterocycles. The van der Waals surface area contributed by atoms with Gasteiger partial charge in [0.15, 0.2) is 5.82 Å². The van der Waals surface area contributed by atoms with Crippen molar-refractivity contribution in [3.63, 3.8) is 0 Å². The van der Waals surface area contributed by atoms with E-state index < -0.39 is 0 Å². The number of hydrogen-bond acceptors (Lipinski definition) is 7. The van der Waals surface area contributed by atoms with Crippen molar-refractivity contribution >= 4 is 33.7 Å². The van der Waals surface area contributed by atoms with E-state index in [1.54, 1.807) is 13.2 Å². The molecule has 0 bridgehead atoms. The van der Waals surface area contributed by atoms with Crippen LogP contribution in [0, 0.1) is 5.82 Å². The van der Waals surface area contributed by atoms with E-state index in [1.807, 2.05) is 6.07 Å². The highest BCUT2D eigenvalue weighted by molar-refractivity contribution is 6.09. The maximum Gasteiger partial charge on any atom is 0.222 e. The van der Waals surface area contributed by atoms with Crippen LogP contribution < -0.4 is 21.1 Å². The summed E-state index contributed by atoms with van der Waals surface area (Å²) in [6, 6.07) is 11.5. The van der Waals surface area contributed by atoms with Crippen molar-refractivity contribution in [3.8, 4) is 5.75 Å². The van der Waals surface area contributed by atoms with E-state index >= 15 is 0 Å². The van der Waals surface area contributed by atoms with Gasteiger partial charge in [-0.2, -0.15) is 4.98 Å². The second kappa shape index (κ2) is 11.4. The average molecular weight is 535 g/mol. The molecule has 2 aromatic carbocycles. The van der Waals surface area contributed by atoms with Crippen molar-refractivity contribution in [2.24, 2.45) is 0 Å². The topological polar surface area (TPSA) is 99.2 Å². The lowest BCUT2D eigenvalue weighted by molar-refractivity contribution is -0.0630. The maximum atomic E-state index is 14.4. The Morgan fingerprint density at radius 1 is 1.21 bits per heavy atom. The molecule has 8 nitrogen and oxygen atoms in total. The Morgan fingerprint density at radius 2 is 2.05 bits per heavy atom. The molecule has 1 fully saturated rings. The molecule has 0 aliphatic carbocycles. The van der Waals surface area contributed by atoms with Gasteiger partial charge in [-0.3, -0.25) is 0 Å². The lowest BCUT2D eigenvalue weighted by atomic mass is 9.94. The summed E-state index contributed by atoms with van der Waals surface area (Å²) in [6.45, 7) is 9.21. The van der Waals surface area contributed by atoms with Crippen LogP contribution >= 0.6 is 0 Å². The van der Waals surface area contributed by atoms with Crippen LogP contribution in [0.5, 0.6) is 5.75 Å². The molecule has 5 rings (SSSR count). The van der Waals surface area contributed by atoms with Gasteiger partial charge in [0.1, 0.15) is 22.6 Å². The first-order valence-electron chi connectivity index (χ1n) is 13.8. The van der Waals surface area contributed by atoms with Crippen molar-refractivity contribution in [1.82, 2.24) is 19.9 Å². The minimum atomic E-state index is -0.318. The number of unbranched alkanes of at least 4 members (excludes halogenated alkanes) is 1. The number of nitrogen functional groups attached to an aromatic ring is 1. The molecule has 0 spiro atoms. The van der Waals surface area contributed by atoms with E-state index in [2.05, 4.69) is 58.1 Å². The molecule has 208 valence electrons. The summed E-state index contributed by atoms with van der Waals surface area (Å²) in [4.78, 5) is 9.07. The molecule has 1 aliphatic heterocycles. The molecule has 9 heteroatoms. The molecular formula is C30H39FN6O2. The van der Waals surface area contributed by atoms with E-state index in [0.717, 1.165) is 67.7 Å². The predicted molar refractivity (Wildman–Crippen MR) is 155 cm³/mol. The maximum absolute atomic E-state index is 14.4. The van der Waals surface area contributed by atoms with Gasteiger partial charge in [-0.05, 0) is 69.0 Å². The lowest BCUT2D eigenvalue weighted by Gasteiger charge is -2.36. The number of methoxy groups -OCH3 is 1. The fourth-order valence-electron chi connectivity index (χ4n) is 5.54. The normalized spacial score (nSPS) is 17.1. The highest BCUT2D eigenvalue weighted by atomic mass is 19.1. The van der Waals surface area contributed by atoms with Crippen LogP contribution in [0.15, 0.2) is 36.4 Å². The molecule has 3 heterocycles. The molecule has 39 heavy (non-hydrogen) atoms. The standard InChI is InChI=1S/C30H39FN6O2/c1-5-6-12-33-28-27-26(35-29(32)36-28)23-15-21(31)8-9-24(23)37(27)18-20-14-19(7-10-25(20)38-4)17-34-22-11-13-39-30(2,3)16-22/h7-10,14-15,22,34H,5-6,11-13,16-18H2,1-4H3,(H3,32,33,35,36). The molecule has 1 saturated heterocycles. The second-order valence-corrected chi connectivity index (χ2v) is 11.0. The predicted octanol–water partition coefficient (Wildman–Crippen LogP) is 5.62.